The summed E-state index contributed by atoms with van der Waals surface area (Å²) in [5.74, 6) is 1.22. The van der Waals surface area contributed by atoms with Gasteiger partial charge in [0, 0.05) is 26.2 Å². The normalized spacial score (nSPS) is 19.4. The minimum Gasteiger partial charge on any atom is -0.492 e. The van der Waals surface area contributed by atoms with Crippen LogP contribution < -0.4 is 9.47 Å². The van der Waals surface area contributed by atoms with Gasteiger partial charge in [0.2, 0.25) is 0 Å². The number of rotatable bonds is 9. The number of nitrogens with zero attached hydrogens (tertiary/aromatic N) is 2. The van der Waals surface area contributed by atoms with Crippen LogP contribution in [0.3, 0.4) is 0 Å². The number of hydrogen-bond donors (Lipinski definition) is 1. The van der Waals surface area contributed by atoms with Gasteiger partial charge in [0.1, 0.15) is 36.1 Å². The highest BCUT2D eigenvalue weighted by atomic mass is 19.1. The van der Waals surface area contributed by atoms with E-state index in [1.54, 1.807) is 12.1 Å². The summed E-state index contributed by atoms with van der Waals surface area (Å²) in [4.78, 5) is 4.81. The first-order valence-corrected chi connectivity index (χ1v) is 11.4. The van der Waals surface area contributed by atoms with E-state index in [0.717, 1.165) is 38.5 Å². The fourth-order valence-corrected chi connectivity index (χ4v) is 4.27. The Morgan fingerprint density at radius 3 is 2.10 bits per heavy atom. The zero-order valence-electron chi connectivity index (χ0n) is 18.1. The van der Waals surface area contributed by atoms with E-state index in [4.69, 9.17) is 9.47 Å². The van der Waals surface area contributed by atoms with Gasteiger partial charge in [-0.05, 0) is 80.7 Å². The Hall–Kier alpha value is -2.15. The number of benzene rings is 2. The molecule has 1 N–H and O–H groups in total. The van der Waals surface area contributed by atoms with Gasteiger partial charge in [0.25, 0.3) is 0 Å². The number of piperidine rings is 1. The van der Waals surface area contributed by atoms with Crippen LogP contribution in [0.2, 0.25) is 0 Å². The molecule has 2 aliphatic rings. The Morgan fingerprint density at radius 1 is 0.806 bits per heavy atom. The molecule has 0 unspecified atom stereocenters. The van der Waals surface area contributed by atoms with Crippen molar-refractivity contribution in [1.29, 1.82) is 0 Å². The van der Waals surface area contributed by atoms with Crippen LogP contribution in [0.25, 0.3) is 0 Å². The first kappa shape index (κ1) is 22.1. The summed E-state index contributed by atoms with van der Waals surface area (Å²) in [5.41, 5.74) is 0.415. The second-order valence-electron chi connectivity index (χ2n) is 8.78. The number of likely N-dealkylation sites (tertiary alicyclic amines) is 2. The van der Waals surface area contributed by atoms with Crippen LogP contribution in [0.1, 0.15) is 31.2 Å². The highest BCUT2D eigenvalue weighted by Crippen LogP contribution is 2.25. The van der Waals surface area contributed by atoms with Crippen LogP contribution in [-0.4, -0.2) is 66.4 Å². The number of halogens is 1. The van der Waals surface area contributed by atoms with Crippen LogP contribution in [0.5, 0.6) is 11.5 Å². The molecule has 2 aromatic rings. The monoisotopic (exact) mass is 428 g/mol. The van der Waals surface area contributed by atoms with Gasteiger partial charge < -0.3 is 14.6 Å². The molecule has 31 heavy (non-hydrogen) atoms. The smallest absolute Gasteiger partial charge is 0.123 e. The second-order valence-corrected chi connectivity index (χ2v) is 8.78. The summed E-state index contributed by atoms with van der Waals surface area (Å²) in [6.07, 6.45) is 3.94. The molecule has 0 aromatic heterocycles. The summed E-state index contributed by atoms with van der Waals surface area (Å²) >= 11 is 0. The van der Waals surface area contributed by atoms with Crippen LogP contribution in [-0.2, 0) is 6.54 Å². The Morgan fingerprint density at radius 2 is 1.42 bits per heavy atom. The summed E-state index contributed by atoms with van der Waals surface area (Å²) in [7, 11) is 0. The summed E-state index contributed by atoms with van der Waals surface area (Å²) in [6, 6.07) is 14.3. The van der Waals surface area contributed by atoms with E-state index in [9.17, 15) is 9.50 Å². The lowest BCUT2D eigenvalue weighted by atomic mass is 9.92. The molecule has 0 spiro atoms. The average Bonchev–Trinajstić information content (AvgIpc) is 3.30. The third-order valence-electron chi connectivity index (χ3n) is 6.31. The van der Waals surface area contributed by atoms with E-state index in [2.05, 4.69) is 34.1 Å². The van der Waals surface area contributed by atoms with Gasteiger partial charge in [0.05, 0.1) is 0 Å². The van der Waals surface area contributed by atoms with E-state index < -0.39 is 5.60 Å². The van der Waals surface area contributed by atoms with Gasteiger partial charge in [-0.3, -0.25) is 9.80 Å². The largest absolute Gasteiger partial charge is 0.492 e. The molecule has 0 aliphatic carbocycles. The summed E-state index contributed by atoms with van der Waals surface area (Å²) in [5, 5.41) is 10.8. The standard InChI is InChI=1S/C25H33FN2O3/c26-22-5-9-24(10-6-22)31-20-25(29)11-15-28(16-12-25)19-21-3-7-23(8-4-21)30-18-17-27-13-1-2-14-27/h3-10,29H,1-2,11-20H2. The van der Waals surface area contributed by atoms with Crippen molar-refractivity contribution >= 4 is 0 Å². The maximum atomic E-state index is 13.0. The molecule has 5 nitrogen and oxygen atoms in total. The minimum absolute atomic E-state index is 0.232. The Labute approximate surface area is 184 Å². The molecule has 6 heteroatoms. The van der Waals surface area contributed by atoms with E-state index in [-0.39, 0.29) is 12.4 Å². The lowest BCUT2D eigenvalue weighted by Crippen LogP contribution is -2.47. The predicted molar refractivity (Wildman–Crippen MR) is 119 cm³/mol. The molecule has 0 atom stereocenters. The van der Waals surface area contributed by atoms with Crippen molar-refractivity contribution in [3.63, 3.8) is 0 Å². The first-order chi connectivity index (χ1) is 15.1. The molecule has 0 bridgehead atoms. The molecule has 2 heterocycles. The van der Waals surface area contributed by atoms with Crippen molar-refractivity contribution in [2.45, 2.75) is 37.8 Å². The Kier molecular flexibility index (Phi) is 7.43. The molecule has 2 saturated heterocycles. The molecule has 4 rings (SSSR count). The van der Waals surface area contributed by atoms with Gasteiger partial charge in [0.15, 0.2) is 0 Å². The van der Waals surface area contributed by atoms with Crippen molar-refractivity contribution in [2.75, 3.05) is 45.9 Å². The van der Waals surface area contributed by atoms with E-state index in [1.165, 1.54) is 43.6 Å². The quantitative estimate of drug-likeness (QED) is 0.660. The van der Waals surface area contributed by atoms with Crippen LogP contribution >= 0.6 is 0 Å². The van der Waals surface area contributed by atoms with Crippen molar-refractivity contribution in [1.82, 2.24) is 9.80 Å². The molecule has 0 amide bonds. The molecule has 0 saturated carbocycles. The van der Waals surface area contributed by atoms with Gasteiger partial charge in [-0.25, -0.2) is 4.39 Å². The summed E-state index contributed by atoms with van der Waals surface area (Å²) < 4.78 is 24.6. The van der Waals surface area contributed by atoms with Gasteiger partial charge in [-0.15, -0.1) is 0 Å². The molecular weight excluding hydrogens is 395 g/mol. The number of hydrogen-bond acceptors (Lipinski definition) is 5. The molecule has 0 radical (unpaired) electrons. The lowest BCUT2D eigenvalue weighted by Gasteiger charge is -2.38. The predicted octanol–water partition coefficient (Wildman–Crippen LogP) is 3.71. The highest BCUT2D eigenvalue weighted by Gasteiger charge is 2.33. The zero-order valence-corrected chi connectivity index (χ0v) is 18.1. The van der Waals surface area contributed by atoms with Crippen LogP contribution in [0, 0.1) is 5.82 Å². The zero-order chi connectivity index (χ0) is 21.5. The van der Waals surface area contributed by atoms with E-state index >= 15 is 0 Å². The molecule has 2 aliphatic heterocycles. The molecular formula is C25H33FN2O3. The highest BCUT2D eigenvalue weighted by molar-refractivity contribution is 5.27. The Balaban J connectivity index is 1.17. The topological polar surface area (TPSA) is 45.2 Å². The number of ether oxygens (including phenoxy) is 2. The average molecular weight is 429 g/mol. The minimum atomic E-state index is -0.835. The maximum Gasteiger partial charge on any atom is 0.123 e. The van der Waals surface area contributed by atoms with Crippen molar-refractivity contribution in [3.8, 4) is 11.5 Å². The summed E-state index contributed by atoms with van der Waals surface area (Å²) in [6.45, 7) is 6.87. The van der Waals surface area contributed by atoms with Crippen molar-refractivity contribution in [3.05, 3.63) is 59.9 Å². The van der Waals surface area contributed by atoms with Gasteiger partial charge in [-0.2, -0.15) is 0 Å². The third kappa shape index (κ3) is 6.66. The first-order valence-electron chi connectivity index (χ1n) is 11.4. The van der Waals surface area contributed by atoms with Crippen molar-refractivity contribution < 1.29 is 19.0 Å². The molecule has 2 aromatic carbocycles. The van der Waals surface area contributed by atoms with Crippen LogP contribution in [0.15, 0.2) is 48.5 Å². The molecule has 2 fully saturated rings. The number of aliphatic hydroxyl groups is 1. The van der Waals surface area contributed by atoms with Gasteiger partial charge >= 0.3 is 0 Å². The van der Waals surface area contributed by atoms with Crippen LogP contribution in [0.4, 0.5) is 4.39 Å². The van der Waals surface area contributed by atoms with E-state index in [1.807, 2.05) is 0 Å². The Bertz CT molecular complexity index is 799. The second kappa shape index (κ2) is 10.4. The third-order valence-corrected chi connectivity index (χ3v) is 6.31. The van der Waals surface area contributed by atoms with Gasteiger partial charge in [-0.1, -0.05) is 12.1 Å². The molecule has 168 valence electrons. The fourth-order valence-electron chi connectivity index (χ4n) is 4.27. The van der Waals surface area contributed by atoms with E-state index in [0.29, 0.717) is 18.6 Å². The lowest BCUT2D eigenvalue weighted by molar-refractivity contribution is -0.0537. The SMILES string of the molecule is OC1(COc2ccc(F)cc2)CCN(Cc2ccc(OCCN3CCCC3)cc2)CC1. The maximum absolute atomic E-state index is 13.0. The van der Waals surface area contributed by atoms with Crippen molar-refractivity contribution in [2.24, 2.45) is 0 Å². The fraction of sp³-hybridized carbons (Fsp3) is 0.520.